The van der Waals surface area contributed by atoms with Gasteiger partial charge < -0.3 is 0 Å². The van der Waals surface area contributed by atoms with Gasteiger partial charge in [0.1, 0.15) is 0 Å². The molecule has 0 bridgehead atoms. The molecule has 0 amide bonds. The highest BCUT2D eigenvalue weighted by Crippen LogP contribution is 2.15. The molecule has 1 aliphatic carbocycles. The van der Waals surface area contributed by atoms with E-state index in [2.05, 4.69) is 0 Å². The van der Waals surface area contributed by atoms with Crippen LogP contribution in [0.3, 0.4) is 0 Å². The predicted molar refractivity (Wildman–Crippen MR) is 30.1 cm³/mol. The highest BCUT2D eigenvalue weighted by atomic mass is 19.4. The van der Waals surface area contributed by atoms with Gasteiger partial charge in [-0.15, -0.1) is 0 Å². The molecule has 0 radical (unpaired) electrons. The van der Waals surface area contributed by atoms with Gasteiger partial charge in [-0.25, -0.2) is 0 Å². The number of rotatable bonds is 1. The van der Waals surface area contributed by atoms with E-state index in [-0.39, 0.29) is 6.04 Å². The Bertz CT molecular complexity index is 79.1. The van der Waals surface area contributed by atoms with Crippen LogP contribution in [0.25, 0.3) is 0 Å². The zero-order chi connectivity index (χ0) is 6.69. The van der Waals surface area contributed by atoms with Crippen molar-refractivity contribution in [2.24, 2.45) is 0 Å². The van der Waals surface area contributed by atoms with E-state index in [1.807, 2.05) is 0 Å². The van der Waals surface area contributed by atoms with Crippen molar-refractivity contribution >= 4 is 0 Å². The molecular formula is C6H12F2N+. The topological polar surface area (TPSA) is 4.44 Å². The van der Waals surface area contributed by atoms with Gasteiger partial charge in [-0.05, 0) is 12.8 Å². The fraction of sp³-hybridized carbons (Fsp3) is 1.00. The molecule has 0 aromatic rings. The van der Waals surface area contributed by atoms with Crippen molar-refractivity contribution in [3.63, 3.8) is 0 Å². The summed E-state index contributed by atoms with van der Waals surface area (Å²) in [5.41, 5.74) is 0. The van der Waals surface area contributed by atoms with Crippen LogP contribution < -0.4 is 5.34 Å². The van der Waals surface area contributed by atoms with E-state index in [0.717, 1.165) is 19.3 Å². The number of hydrogen-bond donors (Lipinski definition) is 1. The zero-order valence-corrected chi connectivity index (χ0v) is 5.37. The molecule has 0 saturated heterocycles. The Morgan fingerprint density at radius 1 is 1.00 bits per heavy atom. The fourth-order valence-corrected chi connectivity index (χ4v) is 1.32. The fourth-order valence-electron chi connectivity index (χ4n) is 1.32. The third kappa shape index (κ3) is 1.90. The summed E-state index contributed by atoms with van der Waals surface area (Å²) in [6.45, 7) is 0. The highest BCUT2D eigenvalue weighted by molar-refractivity contribution is 4.61. The largest absolute Gasteiger partial charge is 0.163 e. The minimum atomic E-state index is -1.35. The summed E-state index contributed by atoms with van der Waals surface area (Å²) in [7, 11) is 0. The van der Waals surface area contributed by atoms with Crippen molar-refractivity contribution < 1.29 is 14.3 Å². The second-order valence-corrected chi connectivity index (χ2v) is 2.62. The van der Waals surface area contributed by atoms with Gasteiger partial charge in [0, 0.05) is 27.1 Å². The third-order valence-electron chi connectivity index (χ3n) is 1.91. The minimum absolute atomic E-state index is 0.362. The van der Waals surface area contributed by atoms with Gasteiger partial charge in [0.15, 0.2) is 6.04 Å². The predicted octanol–water partition coefficient (Wildman–Crippen LogP) is 0.973. The number of halogens is 2. The van der Waals surface area contributed by atoms with Crippen LogP contribution in [0.1, 0.15) is 32.1 Å². The molecule has 1 rings (SSSR count). The van der Waals surface area contributed by atoms with Crippen molar-refractivity contribution in [3.05, 3.63) is 0 Å². The summed E-state index contributed by atoms with van der Waals surface area (Å²) < 4.78 is 23.7. The van der Waals surface area contributed by atoms with Crippen LogP contribution in [0.15, 0.2) is 0 Å². The molecule has 0 aromatic carbocycles. The van der Waals surface area contributed by atoms with Gasteiger partial charge in [-0.3, -0.25) is 0 Å². The molecule has 9 heavy (non-hydrogen) atoms. The summed E-state index contributed by atoms with van der Waals surface area (Å²) in [5.74, 6) is 0. The van der Waals surface area contributed by atoms with Crippen LogP contribution in [0, 0.1) is 0 Å². The van der Waals surface area contributed by atoms with Crippen LogP contribution in [0.5, 0.6) is 0 Å². The van der Waals surface area contributed by atoms with Gasteiger partial charge in [-0.1, -0.05) is 6.42 Å². The summed E-state index contributed by atoms with van der Waals surface area (Å²) in [4.78, 5) is 0. The lowest BCUT2D eigenvalue weighted by molar-refractivity contribution is -1.18. The first-order valence-electron chi connectivity index (χ1n) is 3.48. The SMILES string of the molecule is F[NH+](F)C1CCCCC1. The van der Waals surface area contributed by atoms with E-state index >= 15 is 0 Å². The second kappa shape index (κ2) is 3.11. The molecule has 0 heterocycles. The van der Waals surface area contributed by atoms with Crippen molar-refractivity contribution in [1.82, 2.24) is 0 Å². The van der Waals surface area contributed by atoms with Crippen LogP contribution >= 0.6 is 0 Å². The van der Waals surface area contributed by atoms with E-state index in [9.17, 15) is 8.96 Å². The van der Waals surface area contributed by atoms with Crippen molar-refractivity contribution in [3.8, 4) is 0 Å². The first-order chi connectivity index (χ1) is 4.30. The third-order valence-corrected chi connectivity index (χ3v) is 1.91. The van der Waals surface area contributed by atoms with Crippen molar-refractivity contribution in [1.29, 1.82) is 0 Å². The molecule has 1 N–H and O–H groups in total. The maximum absolute atomic E-state index is 11.8. The lowest BCUT2D eigenvalue weighted by Crippen LogP contribution is -3.01. The molecule has 1 aliphatic rings. The maximum Gasteiger partial charge on any atom is 0.163 e. The first-order valence-corrected chi connectivity index (χ1v) is 3.48. The first kappa shape index (κ1) is 6.93. The minimum Gasteiger partial charge on any atom is -0.0528 e. The Hall–Kier alpha value is -0.180. The Morgan fingerprint density at radius 2 is 1.56 bits per heavy atom. The molecule has 0 atom stereocenters. The van der Waals surface area contributed by atoms with Gasteiger partial charge in [0.05, 0.1) is 0 Å². The molecule has 1 fully saturated rings. The van der Waals surface area contributed by atoms with Gasteiger partial charge in [0.25, 0.3) is 0 Å². The Labute approximate surface area is 53.5 Å². The molecule has 1 nitrogen and oxygen atoms in total. The standard InChI is InChI=1S/C6H11F2N/c7-9(8)6-4-2-1-3-5-6/h6H,1-5H2/p+1. The lowest BCUT2D eigenvalue weighted by Gasteiger charge is -2.15. The van der Waals surface area contributed by atoms with Gasteiger partial charge >= 0.3 is 0 Å². The van der Waals surface area contributed by atoms with Gasteiger partial charge in [0.2, 0.25) is 0 Å². The molecule has 0 spiro atoms. The molecule has 0 unspecified atom stereocenters. The molecule has 1 saturated carbocycles. The Morgan fingerprint density at radius 3 is 1.89 bits per heavy atom. The maximum atomic E-state index is 11.8. The Balaban J connectivity index is 2.23. The summed E-state index contributed by atoms with van der Waals surface area (Å²) >= 11 is 0. The summed E-state index contributed by atoms with van der Waals surface area (Å²) in [5, 5.41) is -1.35. The number of quaternary nitrogens is 1. The van der Waals surface area contributed by atoms with Crippen LogP contribution in [-0.2, 0) is 0 Å². The quantitative estimate of drug-likeness (QED) is 0.512. The van der Waals surface area contributed by atoms with Crippen LogP contribution in [-0.4, -0.2) is 6.04 Å². The second-order valence-electron chi connectivity index (χ2n) is 2.62. The normalized spacial score (nSPS) is 23.0. The molecule has 0 aromatic heterocycles. The zero-order valence-electron chi connectivity index (χ0n) is 5.37. The Kier molecular flexibility index (Phi) is 2.39. The van der Waals surface area contributed by atoms with Crippen molar-refractivity contribution in [2.75, 3.05) is 0 Å². The number of nitrogens with one attached hydrogen (secondary N) is 1. The molecule has 3 heteroatoms. The van der Waals surface area contributed by atoms with Gasteiger partial charge in [-0.2, -0.15) is 0 Å². The van der Waals surface area contributed by atoms with E-state index in [0.29, 0.717) is 12.8 Å². The van der Waals surface area contributed by atoms with E-state index in [1.165, 1.54) is 0 Å². The summed E-state index contributed by atoms with van der Waals surface area (Å²) in [6, 6.07) is -0.362. The summed E-state index contributed by atoms with van der Waals surface area (Å²) in [6.07, 6.45) is 4.54. The van der Waals surface area contributed by atoms with Crippen molar-refractivity contribution in [2.45, 2.75) is 38.1 Å². The average molecular weight is 136 g/mol. The number of hydrogen-bond acceptors (Lipinski definition) is 0. The molecule has 54 valence electrons. The van der Waals surface area contributed by atoms with E-state index in [1.54, 1.807) is 0 Å². The monoisotopic (exact) mass is 136 g/mol. The average Bonchev–Trinajstić information content (AvgIpc) is 1.90. The van der Waals surface area contributed by atoms with E-state index in [4.69, 9.17) is 0 Å². The van der Waals surface area contributed by atoms with E-state index < -0.39 is 5.34 Å². The van der Waals surface area contributed by atoms with Crippen LogP contribution in [0.4, 0.5) is 8.96 Å². The lowest BCUT2D eigenvalue weighted by atomic mass is 9.96. The van der Waals surface area contributed by atoms with Crippen LogP contribution in [0.2, 0.25) is 0 Å². The molecule has 0 aliphatic heterocycles. The molecular weight excluding hydrogens is 124 g/mol. The smallest absolute Gasteiger partial charge is 0.0528 e. The highest BCUT2D eigenvalue weighted by Gasteiger charge is 2.25.